The number of carbonyl (C=O) groups is 1. The van der Waals surface area contributed by atoms with Gasteiger partial charge in [0, 0.05) is 24.1 Å². The molecule has 25 heavy (non-hydrogen) atoms. The molecule has 1 heterocycles. The van der Waals surface area contributed by atoms with Crippen LogP contribution in [0, 0.1) is 0 Å². The van der Waals surface area contributed by atoms with Crippen LogP contribution in [0.1, 0.15) is 30.9 Å². The van der Waals surface area contributed by atoms with Gasteiger partial charge in [-0.3, -0.25) is 9.79 Å². The van der Waals surface area contributed by atoms with Gasteiger partial charge in [0.25, 0.3) is 0 Å². The van der Waals surface area contributed by atoms with Crippen LogP contribution in [0.2, 0.25) is 0 Å². The number of benzene rings is 1. The normalized spacial score (nSPS) is 36.9. The minimum absolute atomic E-state index is 0.0582. The molecule has 1 aromatic carbocycles. The van der Waals surface area contributed by atoms with E-state index in [4.69, 9.17) is 4.74 Å². The van der Waals surface area contributed by atoms with Crippen LogP contribution >= 0.6 is 0 Å². The molecule has 0 aromatic heterocycles. The van der Waals surface area contributed by atoms with Crippen molar-refractivity contribution in [1.82, 2.24) is 0 Å². The smallest absolute Gasteiger partial charge is 0.177 e. The average molecular weight is 343 g/mol. The number of ketones is 1. The predicted octanol–water partition coefficient (Wildman–Crippen LogP) is 1.05. The van der Waals surface area contributed by atoms with Crippen LogP contribution in [0.15, 0.2) is 29.8 Å². The summed E-state index contributed by atoms with van der Waals surface area (Å²) < 4.78 is 5.84. The molecule has 1 spiro atoms. The molecule has 3 N–H and O–H groups in total. The second-order valence-corrected chi connectivity index (χ2v) is 6.98. The van der Waals surface area contributed by atoms with Crippen molar-refractivity contribution in [2.75, 3.05) is 6.54 Å². The van der Waals surface area contributed by atoms with Gasteiger partial charge in [-0.2, -0.15) is 0 Å². The van der Waals surface area contributed by atoms with Crippen LogP contribution in [0.25, 0.3) is 0 Å². The number of fused-ring (bicyclic) bond motifs is 1. The fourth-order valence-electron chi connectivity index (χ4n) is 4.75. The summed E-state index contributed by atoms with van der Waals surface area (Å²) in [4.78, 5) is 16.9. The van der Waals surface area contributed by atoms with E-state index in [1.54, 1.807) is 12.1 Å². The highest BCUT2D eigenvalue weighted by Crippen LogP contribution is 2.65. The minimum Gasteiger partial charge on any atom is -0.504 e. The number of rotatable bonds is 3. The van der Waals surface area contributed by atoms with Crippen molar-refractivity contribution >= 4 is 11.5 Å². The van der Waals surface area contributed by atoms with Gasteiger partial charge in [-0.05, 0) is 18.1 Å². The van der Waals surface area contributed by atoms with Gasteiger partial charge in [0.1, 0.15) is 5.60 Å². The first-order valence-electron chi connectivity index (χ1n) is 8.51. The number of aromatic hydroxyl groups is 1. The summed E-state index contributed by atoms with van der Waals surface area (Å²) in [6.07, 6.45) is 0.203. The lowest BCUT2D eigenvalue weighted by Gasteiger charge is -2.60. The zero-order valence-electron chi connectivity index (χ0n) is 14.0. The molecular formula is C19H21NO5. The summed E-state index contributed by atoms with van der Waals surface area (Å²) in [5, 5.41) is 32.3. The molecule has 0 bridgehead atoms. The molecule has 0 amide bonds. The lowest BCUT2D eigenvalue weighted by molar-refractivity contribution is -0.170. The van der Waals surface area contributed by atoms with Gasteiger partial charge < -0.3 is 20.1 Å². The van der Waals surface area contributed by atoms with Crippen molar-refractivity contribution in [3.05, 3.63) is 35.9 Å². The maximum atomic E-state index is 12.6. The summed E-state index contributed by atoms with van der Waals surface area (Å²) in [5.41, 5.74) is -0.788. The van der Waals surface area contributed by atoms with Crippen molar-refractivity contribution in [2.24, 2.45) is 4.99 Å². The molecule has 2 saturated carbocycles. The summed E-state index contributed by atoms with van der Waals surface area (Å²) in [6.45, 7) is 5.91. The molecule has 1 aromatic rings. The number of aryl methyl sites for hydroxylation is 1. The highest BCUT2D eigenvalue weighted by molar-refractivity contribution is 6.09. The Bertz CT molecular complexity index is 816. The number of hydrogen-bond acceptors (Lipinski definition) is 6. The van der Waals surface area contributed by atoms with Crippen LogP contribution in [0.4, 0.5) is 0 Å². The molecule has 4 atom stereocenters. The molecule has 132 valence electrons. The quantitative estimate of drug-likeness (QED) is 0.713. The molecule has 6 heteroatoms. The van der Waals surface area contributed by atoms with E-state index >= 15 is 0 Å². The molecule has 1 aliphatic heterocycles. The van der Waals surface area contributed by atoms with E-state index in [-0.39, 0.29) is 23.7 Å². The van der Waals surface area contributed by atoms with Crippen molar-refractivity contribution in [3.8, 4) is 11.5 Å². The first kappa shape index (κ1) is 16.3. The van der Waals surface area contributed by atoms with E-state index < -0.39 is 23.2 Å². The molecule has 3 aliphatic rings. The number of aliphatic imine (C=N–C) groups is 1. The topological polar surface area (TPSA) is 99.4 Å². The summed E-state index contributed by atoms with van der Waals surface area (Å²) in [5.74, 6) is -0.0808. The molecule has 4 unspecified atom stereocenters. The largest absolute Gasteiger partial charge is 0.504 e. The Hall–Kier alpha value is -2.18. The molecular weight excluding hydrogens is 322 g/mol. The van der Waals surface area contributed by atoms with Crippen LogP contribution < -0.4 is 4.74 Å². The van der Waals surface area contributed by atoms with Gasteiger partial charge in [-0.15, -0.1) is 6.58 Å². The molecule has 2 fully saturated rings. The number of Topliss-reactive ketones (excluding diaryl/α,β-unsaturated/α-hetero) is 1. The number of aliphatic hydroxyl groups excluding tert-OH is 1. The summed E-state index contributed by atoms with van der Waals surface area (Å²) >= 11 is 0. The van der Waals surface area contributed by atoms with Gasteiger partial charge in [0.05, 0.1) is 18.1 Å². The molecule has 0 saturated heterocycles. The zero-order valence-corrected chi connectivity index (χ0v) is 14.0. The maximum absolute atomic E-state index is 12.6. The number of phenols is 1. The average Bonchev–Trinajstić information content (AvgIpc) is 2.96. The third kappa shape index (κ3) is 1.71. The summed E-state index contributed by atoms with van der Waals surface area (Å²) in [7, 11) is 0. The Morgan fingerprint density at radius 1 is 1.48 bits per heavy atom. The predicted molar refractivity (Wildman–Crippen MR) is 91.3 cm³/mol. The number of ether oxygens (including phenoxy) is 1. The Morgan fingerprint density at radius 3 is 2.92 bits per heavy atom. The van der Waals surface area contributed by atoms with Crippen molar-refractivity contribution in [1.29, 1.82) is 0 Å². The first-order valence-corrected chi connectivity index (χ1v) is 8.51. The Morgan fingerprint density at radius 2 is 2.24 bits per heavy atom. The number of carbonyl (C=O) groups excluding carboxylic acids is 1. The zero-order chi connectivity index (χ0) is 18.0. The highest BCUT2D eigenvalue weighted by atomic mass is 16.5. The van der Waals surface area contributed by atoms with E-state index in [1.807, 2.05) is 6.92 Å². The Labute approximate surface area is 145 Å². The Kier molecular flexibility index (Phi) is 3.36. The van der Waals surface area contributed by atoms with E-state index in [9.17, 15) is 20.1 Å². The second-order valence-electron chi connectivity index (χ2n) is 6.98. The van der Waals surface area contributed by atoms with Crippen LogP contribution in [-0.2, 0) is 16.6 Å². The molecule has 2 aliphatic carbocycles. The lowest BCUT2D eigenvalue weighted by Crippen LogP contribution is -2.80. The van der Waals surface area contributed by atoms with Crippen molar-refractivity contribution < 1.29 is 24.9 Å². The Balaban J connectivity index is 1.97. The number of hydrogen-bond donors (Lipinski definition) is 3. The summed E-state index contributed by atoms with van der Waals surface area (Å²) in [6, 6.07) is 3.32. The third-order valence-corrected chi connectivity index (χ3v) is 5.88. The molecule has 4 rings (SSSR count). The lowest BCUT2D eigenvalue weighted by atomic mass is 9.44. The van der Waals surface area contributed by atoms with Crippen LogP contribution in [-0.4, -0.2) is 51.2 Å². The number of nitrogens with zero attached hydrogens (tertiary/aromatic N) is 1. The highest BCUT2D eigenvalue weighted by Gasteiger charge is 2.78. The van der Waals surface area contributed by atoms with Gasteiger partial charge in [0.15, 0.2) is 23.4 Å². The fraction of sp³-hybridized carbons (Fsp3) is 0.474. The number of phenolic OH excluding ortho intramolecular Hbond substituents is 1. The number of aliphatic hydroxyl groups is 2. The van der Waals surface area contributed by atoms with Crippen LogP contribution in [0.3, 0.4) is 0 Å². The van der Waals surface area contributed by atoms with Gasteiger partial charge >= 0.3 is 0 Å². The van der Waals surface area contributed by atoms with Crippen molar-refractivity contribution in [3.63, 3.8) is 0 Å². The SMILES string of the molecule is C=CC/N=C1\CC23c4c(CC)ccc(O)c4OC2C(=O)CC(O)C13O. The van der Waals surface area contributed by atoms with Gasteiger partial charge in [-0.1, -0.05) is 19.1 Å². The maximum Gasteiger partial charge on any atom is 0.177 e. The third-order valence-electron chi connectivity index (χ3n) is 5.88. The first-order chi connectivity index (χ1) is 11.9. The van der Waals surface area contributed by atoms with E-state index in [0.29, 0.717) is 30.7 Å². The minimum atomic E-state index is -1.67. The standard InChI is InChI=1S/C19H21NO5/c1-3-7-20-13-9-18-15-10(4-2)5-6-11(21)16(15)25-17(18)12(22)8-14(23)19(13,18)24/h3,5-6,14,17,21,23-24H,1,4,7-9H2,2H3/b20-13+. The van der Waals surface area contributed by atoms with E-state index in [2.05, 4.69) is 11.6 Å². The van der Waals surface area contributed by atoms with Crippen LogP contribution in [0.5, 0.6) is 11.5 Å². The molecule has 0 radical (unpaired) electrons. The van der Waals surface area contributed by atoms with Gasteiger partial charge in [0.2, 0.25) is 0 Å². The fourth-order valence-corrected chi connectivity index (χ4v) is 4.75. The van der Waals surface area contributed by atoms with Gasteiger partial charge in [-0.25, -0.2) is 0 Å². The van der Waals surface area contributed by atoms with E-state index in [1.165, 1.54) is 6.07 Å². The molecule has 6 nitrogen and oxygen atoms in total. The van der Waals surface area contributed by atoms with Crippen molar-refractivity contribution in [2.45, 2.75) is 49.4 Å². The van der Waals surface area contributed by atoms with E-state index in [0.717, 1.165) is 5.56 Å². The second kappa shape index (κ2) is 5.16. The monoisotopic (exact) mass is 343 g/mol.